The van der Waals surface area contributed by atoms with Gasteiger partial charge in [0.1, 0.15) is 10.6 Å². The highest BCUT2D eigenvalue weighted by atomic mass is 32.1. The number of carbonyl (C=O) groups is 1. The van der Waals surface area contributed by atoms with Crippen molar-refractivity contribution in [2.24, 2.45) is 0 Å². The lowest BCUT2D eigenvalue weighted by Crippen LogP contribution is -2.32. The van der Waals surface area contributed by atoms with Gasteiger partial charge in [0.15, 0.2) is 0 Å². The number of fused-ring (bicyclic) bond motifs is 1. The Hall–Kier alpha value is -1.89. The molecule has 1 aliphatic heterocycles. The molecule has 19 heavy (non-hydrogen) atoms. The Labute approximate surface area is 114 Å². The van der Waals surface area contributed by atoms with E-state index in [4.69, 9.17) is 5.73 Å². The zero-order valence-corrected chi connectivity index (χ0v) is 11.4. The molecular weight excluding hydrogens is 262 g/mol. The van der Waals surface area contributed by atoms with Crippen molar-refractivity contribution in [1.82, 2.24) is 15.3 Å². The minimum Gasteiger partial charge on any atom is -0.368 e. The molecule has 7 heteroatoms. The van der Waals surface area contributed by atoms with Crippen LogP contribution in [0.3, 0.4) is 0 Å². The van der Waals surface area contributed by atoms with Crippen molar-refractivity contribution in [3.63, 3.8) is 0 Å². The number of aryl methyl sites for hydroxylation is 1. The van der Waals surface area contributed by atoms with Crippen LogP contribution in [0, 0.1) is 6.92 Å². The molecule has 0 aromatic carbocycles. The Kier molecular flexibility index (Phi) is 2.98. The Bertz CT molecular complexity index is 638. The summed E-state index contributed by atoms with van der Waals surface area (Å²) in [7, 11) is 0. The van der Waals surface area contributed by atoms with Gasteiger partial charge in [-0.25, -0.2) is 4.98 Å². The summed E-state index contributed by atoms with van der Waals surface area (Å²) in [4.78, 5) is 21.7. The lowest BCUT2D eigenvalue weighted by Gasteiger charge is -2.12. The standard InChI is InChI=1S/C12H15N5OS/c1-6-4-8-10(16-12(13)17-11(8)19-6)14-5-7-2-3-9(18)15-7/h4,7H,2-3,5H2,1H3,(H,15,18)(H3,13,14,16,17). The maximum Gasteiger partial charge on any atom is 0.223 e. The van der Waals surface area contributed by atoms with Crippen LogP contribution in [0.1, 0.15) is 17.7 Å². The van der Waals surface area contributed by atoms with Gasteiger partial charge in [-0.2, -0.15) is 4.98 Å². The fraction of sp³-hybridized carbons (Fsp3) is 0.417. The summed E-state index contributed by atoms with van der Waals surface area (Å²) in [6.07, 6.45) is 1.46. The van der Waals surface area contributed by atoms with Crippen LogP contribution in [0.5, 0.6) is 0 Å². The Morgan fingerprint density at radius 3 is 3.16 bits per heavy atom. The van der Waals surface area contributed by atoms with Crippen LogP contribution in [-0.2, 0) is 4.79 Å². The molecule has 0 spiro atoms. The van der Waals surface area contributed by atoms with Gasteiger partial charge in [0.05, 0.1) is 5.39 Å². The van der Waals surface area contributed by atoms with E-state index in [1.165, 1.54) is 4.88 Å². The van der Waals surface area contributed by atoms with Crippen molar-refractivity contribution >= 4 is 39.2 Å². The van der Waals surface area contributed by atoms with E-state index in [1.54, 1.807) is 11.3 Å². The summed E-state index contributed by atoms with van der Waals surface area (Å²) in [6.45, 7) is 2.69. The van der Waals surface area contributed by atoms with Crippen molar-refractivity contribution in [2.75, 3.05) is 17.6 Å². The molecule has 0 bridgehead atoms. The number of hydrogen-bond acceptors (Lipinski definition) is 6. The highest BCUT2D eigenvalue weighted by Crippen LogP contribution is 2.29. The Morgan fingerprint density at radius 2 is 2.42 bits per heavy atom. The van der Waals surface area contributed by atoms with Crippen LogP contribution < -0.4 is 16.4 Å². The summed E-state index contributed by atoms with van der Waals surface area (Å²) in [5.41, 5.74) is 5.71. The zero-order chi connectivity index (χ0) is 13.4. The fourth-order valence-corrected chi connectivity index (χ4v) is 3.13. The highest BCUT2D eigenvalue weighted by Gasteiger charge is 2.20. The van der Waals surface area contributed by atoms with E-state index in [9.17, 15) is 4.79 Å². The molecule has 2 aromatic rings. The number of aromatic nitrogens is 2. The van der Waals surface area contributed by atoms with E-state index in [0.29, 0.717) is 13.0 Å². The predicted molar refractivity (Wildman–Crippen MR) is 76.2 cm³/mol. The number of rotatable bonds is 3. The second kappa shape index (κ2) is 4.65. The van der Waals surface area contributed by atoms with Gasteiger partial charge in [-0.1, -0.05) is 0 Å². The van der Waals surface area contributed by atoms with E-state index < -0.39 is 0 Å². The van der Waals surface area contributed by atoms with Gasteiger partial charge in [-0.3, -0.25) is 4.79 Å². The number of carbonyl (C=O) groups excluding carboxylic acids is 1. The first-order chi connectivity index (χ1) is 9.11. The van der Waals surface area contributed by atoms with Crippen LogP contribution >= 0.6 is 11.3 Å². The van der Waals surface area contributed by atoms with Crippen molar-refractivity contribution in [2.45, 2.75) is 25.8 Å². The summed E-state index contributed by atoms with van der Waals surface area (Å²) in [5.74, 6) is 1.13. The third-order valence-electron chi connectivity index (χ3n) is 3.13. The average molecular weight is 277 g/mol. The first-order valence-electron chi connectivity index (χ1n) is 6.19. The van der Waals surface area contributed by atoms with Crippen LogP contribution in [-0.4, -0.2) is 28.5 Å². The lowest BCUT2D eigenvalue weighted by molar-refractivity contribution is -0.119. The molecule has 1 aliphatic rings. The number of thiophene rings is 1. The largest absolute Gasteiger partial charge is 0.368 e. The first-order valence-corrected chi connectivity index (χ1v) is 7.00. The van der Waals surface area contributed by atoms with Gasteiger partial charge in [-0.15, -0.1) is 11.3 Å². The molecule has 2 aromatic heterocycles. The van der Waals surface area contributed by atoms with Crippen molar-refractivity contribution in [3.8, 4) is 0 Å². The van der Waals surface area contributed by atoms with Gasteiger partial charge in [0, 0.05) is 23.9 Å². The molecule has 6 nitrogen and oxygen atoms in total. The van der Waals surface area contributed by atoms with Crippen molar-refractivity contribution < 1.29 is 4.79 Å². The molecule has 100 valence electrons. The Morgan fingerprint density at radius 1 is 1.58 bits per heavy atom. The highest BCUT2D eigenvalue weighted by molar-refractivity contribution is 7.18. The maximum atomic E-state index is 11.2. The van der Waals surface area contributed by atoms with Crippen molar-refractivity contribution in [1.29, 1.82) is 0 Å². The third kappa shape index (κ3) is 2.46. The summed E-state index contributed by atoms with van der Waals surface area (Å²) >= 11 is 1.60. The van der Waals surface area contributed by atoms with Crippen LogP contribution in [0.25, 0.3) is 10.2 Å². The second-order valence-corrected chi connectivity index (χ2v) is 5.93. The molecule has 1 unspecified atom stereocenters. The minimum absolute atomic E-state index is 0.116. The summed E-state index contributed by atoms with van der Waals surface area (Å²) in [6, 6.07) is 2.22. The number of nitrogens with one attached hydrogen (secondary N) is 2. The van der Waals surface area contributed by atoms with Crippen molar-refractivity contribution in [3.05, 3.63) is 10.9 Å². The fourth-order valence-electron chi connectivity index (χ4n) is 2.24. The summed E-state index contributed by atoms with van der Waals surface area (Å²) < 4.78 is 0. The molecule has 1 saturated heterocycles. The smallest absolute Gasteiger partial charge is 0.223 e. The SMILES string of the molecule is Cc1cc2c(NCC3CCC(=O)N3)nc(N)nc2s1. The molecule has 3 rings (SSSR count). The molecule has 1 fully saturated rings. The van der Waals surface area contributed by atoms with Gasteiger partial charge < -0.3 is 16.4 Å². The zero-order valence-electron chi connectivity index (χ0n) is 10.6. The molecule has 3 heterocycles. The topological polar surface area (TPSA) is 92.9 Å². The average Bonchev–Trinajstić information content (AvgIpc) is 2.91. The Balaban J connectivity index is 1.81. The van der Waals surface area contributed by atoms with E-state index in [0.717, 1.165) is 22.5 Å². The molecule has 1 amide bonds. The van der Waals surface area contributed by atoms with E-state index in [-0.39, 0.29) is 17.9 Å². The van der Waals surface area contributed by atoms with Gasteiger partial charge in [0.25, 0.3) is 0 Å². The molecule has 1 atom stereocenters. The number of nitrogens with two attached hydrogens (primary N) is 1. The number of nitrogens with zero attached hydrogens (tertiary/aromatic N) is 2. The predicted octanol–water partition coefficient (Wildman–Crippen LogP) is 1.27. The number of hydrogen-bond donors (Lipinski definition) is 3. The molecular formula is C12H15N5OS. The maximum absolute atomic E-state index is 11.2. The quantitative estimate of drug-likeness (QED) is 0.785. The third-order valence-corrected chi connectivity index (χ3v) is 4.08. The van der Waals surface area contributed by atoms with E-state index in [1.807, 2.05) is 6.92 Å². The van der Waals surface area contributed by atoms with Crippen LogP contribution in [0.4, 0.5) is 11.8 Å². The van der Waals surface area contributed by atoms with E-state index in [2.05, 4.69) is 26.7 Å². The van der Waals surface area contributed by atoms with Gasteiger partial charge in [-0.05, 0) is 19.4 Å². The number of amides is 1. The molecule has 0 radical (unpaired) electrons. The first kappa shape index (κ1) is 12.2. The molecule has 0 saturated carbocycles. The molecule has 0 aliphatic carbocycles. The summed E-state index contributed by atoms with van der Waals surface area (Å²) in [5, 5.41) is 7.17. The number of nitrogen functional groups attached to an aromatic ring is 1. The minimum atomic E-state index is 0.116. The second-order valence-electron chi connectivity index (χ2n) is 4.69. The van der Waals surface area contributed by atoms with Crippen LogP contribution in [0.15, 0.2) is 6.07 Å². The monoisotopic (exact) mass is 277 g/mol. The molecule has 4 N–H and O–H groups in total. The van der Waals surface area contributed by atoms with Gasteiger partial charge in [0.2, 0.25) is 11.9 Å². The number of anilines is 2. The van der Waals surface area contributed by atoms with Crippen LogP contribution in [0.2, 0.25) is 0 Å². The lowest BCUT2D eigenvalue weighted by atomic mass is 10.2. The van der Waals surface area contributed by atoms with Gasteiger partial charge >= 0.3 is 0 Å². The van der Waals surface area contributed by atoms with E-state index >= 15 is 0 Å². The normalized spacial score (nSPS) is 18.8.